The molecule has 76 valence electrons. The smallest absolute Gasteiger partial charge is 2.00 e. The van der Waals surface area contributed by atoms with E-state index in [1.165, 1.54) is 0 Å². The molecular weight excluding hydrogens is 256 g/mol. The van der Waals surface area contributed by atoms with Gasteiger partial charge in [0.05, 0.1) is 0 Å². The first-order valence-electron chi connectivity index (χ1n) is 2.54. The molecule has 0 bridgehead atoms. The second kappa shape index (κ2) is 18.3. The summed E-state index contributed by atoms with van der Waals surface area (Å²) in [6.45, 7) is 3.55. The Morgan fingerprint density at radius 3 is 1.38 bits per heavy atom. The molecule has 0 fully saturated rings. The Morgan fingerprint density at radius 1 is 1.15 bits per heavy atom. The maximum Gasteiger partial charge on any atom is 3.00 e. The van der Waals surface area contributed by atoms with E-state index >= 15 is 0 Å². The van der Waals surface area contributed by atoms with E-state index in [0.717, 1.165) is 0 Å². The molecule has 8 heteroatoms. The van der Waals surface area contributed by atoms with Gasteiger partial charge >= 0.3 is 43.1 Å². The molecule has 0 radical (unpaired) electrons. The first-order valence-corrected chi connectivity index (χ1v) is 2.54. The quantitative estimate of drug-likeness (QED) is 0.706. The molecule has 1 atom stereocenters. The molecule has 6 nitrogen and oxygen atoms in total. The molecule has 0 aromatic rings. The van der Waals surface area contributed by atoms with Gasteiger partial charge in [-0.1, -0.05) is 13.8 Å². The molecule has 0 heterocycles. The summed E-state index contributed by atoms with van der Waals surface area (Å²) in [5, 5.41) is 8.23. The summed E-state index contributed by atoms with van der Waals surface area (Å²) in [5.74, 6) is -0.910. The van der Waals surface area contributed by atoms with Gasteiger partial charge in [-0.15, -0.1) is 0 Å². The fraction of sp³-hybridized carbons (Fsp3) is 0.800. The van der Waals surface area contributed by atoms with Gasteiger partial charge in [0.25, 0.3) is 0 Å². The number of aliphatic carboxylic acids is 1. The van der Waals surface area contributed by atoms with E-state index in [4.69, 9.17) is 10.8 Å². The van der Waals surface area contributed by atoms with Crippen molar-refractivity contribution in [2.45, 2.75) is 19.9 Å². The topological polar surface area (TPSA) is 149 Å². The Morgan fingerprint density at radius 2 is 1.38 bits per heavy atom. The van der Waals surface area contributed by atoms with Crippen molar-refractivity contribution in [3.63, 3.8) is 0 Å². The van der Waals surface area contributed by atoms with Gasteiger partial charge in [0.2, 0.25) is 0 Å². The third kappa shape index (κ3) is 19.1. The van der Waals surface area contributed by atoms with Gasteiger partial charge in [-0.25, -0.2) is 0 Å². The molecular formula is C5H11NO5V2. The van der Waals surface area contributed by atoms with Crippen LogP contribution in [0.4, 0.5) is 0 Å². The maximum atomic E-state index is 10.0. The van der Waals surface area contributed by atoms with Crippen LogP contribution in [0.3, 0.4) is 0 Å². The summed E-state index contributed by atoms with van der Waals surface area (Å²) in [7, 11) is 0. The van der Waals surface area contributed by atoms with Crippen LogP contribution in [0.15, 0.2) is 0 Å². The molecule has 3 N–H and O–H groups in total. The standard InChI is InChI=1S/C5H11NO2.3O.2V/c1-3(2)4(6)5(7)8;;;;;/h3-4H,6H2,1-2H3,(H,7,8);;;;;/q;3*-2;2*+3/t4-;;;;;/m0...../s1. The molecule has 13 heavy (non-hydrogen) atoms. The minimum absolute atomic E-state index is 0. The van der Waals surface area contributed by atoms with E-state index < -0.39 is 12.0 Å². The van der Waals surface area contributed by atoms with Crippen molar-refractivity contribution in [2.24, 2.45) is 11.7 Å². The third-order valence-corrected chi connectivity index (χ3v) is 1.00. The van der Waals surface area contributed by atoms with E-state index in [-0.39, 0.29) is 59.5 Å². The summed E-state index contributed by atoms with van der Waals surface area (Å²) in [4.78, 5) is 10.0. The normalized spacial score (nSPS) is 8.62. The van der Waals surface area contributed by atoms with Gasteiger partial charge in [0, 0.05) is 0 Å². The van der Waals surface area contributed by atoms with Gasteiger partial charge < -0.3 is 27.3 Å². The third-order valence-electron chi connectivity index (χ3n) is 1.00. The van der Waals surface area contributed by atoms with Crippen LogP contribution in [0.1, 0.15) is 13.8 Å². The number of hydrogen-bond donors (Lipinski definition) is 2. The minimum atomic E-state index is -0.931. The van der Waals surface area contributed by atoms with Crippen LogP contribution < -0.4 is 5.73 Å². The summed E-state index contributed by atoms with van der Waals surface area (Å²) in [5.41, 5.74) is 5.16. The van der Waals surface area contributed by atoms with E-state index in [1.54, 1.807) is 13.8 Å². The van der Waals surface area contributed by atoms with E-state index in [1.807, 2.05) is 0 Å². The number of nitrogens with two attached hydrogens (primary N) is 1. The predicted molar refractivity (Wildman–Crippen MR) is 32.5 cm³/mol. The monoisotopic (exact) mass is 267 g/mol. The molecule has 0 rings (SSSR count). The Labute approximate surface area is 101 Å². The fourth-order valence-corrected chi connectivity index (χ4v) is 0.285. The minimum Gasteiger partial charge on any atom is -2.00 e. The van der Waals surface area contributed by atoms with Crippen molar-refractivity contribution in [3.8, 4) is 0 Å². The van der Waals surface area contributed by atoms with Gasteiger partial charge in [-0.3, -0.25) is 4.79 Å². The van der Waals surface area contributed by atoms with Crippen LogP contribution in [-0.4, -0.2) is 17.1 Å². The van der Waals surface area contributed by atoms with Crippen molar-refractivity contribution in [1.29, 1.82) is 0 Å². The molecule has 0 saturated carbocycles. The molecule has 0 aromatic carbocycles. The summed E-state index contributed by atoms with van der Waals surface area (Å²) in [6, 6.07) is -0.713. The van der Waals surface area contributed by atoms with Crippen molar-refractivity contribution >= 4 is 5.97 Å². The second-order valence-electron chi connectivity index (χ2n) is 2.11. The van der Waals surface area contributed by atoms with Crippen LogP contribution in [0.2, 0.25) is 0 Å². The van der Waals surface area contributed by atoms with Crippen LogP contribution in [-0.2, 0) is 58.3 Å². The number of hydrogen-bond acceptors (Lipinski definition) is 2. The van der Waals surface area contributed by atoms with Crippen molar-refractivity contribution in [1.82, 2.24) is 0 Å². The first kappa shape index (κ1) is 37.5. The van der Waals surface area contributed by atoms with Crippen LogP contribution >= 0.6 is 0 Å². The average molecular weight is 267 g/mol. The van der Waals surface area contributed by atoms with E-state index in [9.17, 15) is 4.79 Å². The van der Waals surface area contributed by atoms with Crippen LogP contribution in [0, 0.1) is 5.92 Å². The molecule has 0 aliphatic carbocycles. The Bertz CT molecular complexity index is 103. The molecule has 0 spiro atoms. The number of carbonyl (C=O) groups is 1. The fourth-order valence-electron chi connectivity index (χ4n) is 0.285. The molecule has 0 amide bonds. The van der Waals surface area contributed by atoms with Crippen molar-refractivity contribution in [2.75, 3.05) is 0 Å². The van der Waals surface area contributed by atoms with Gasteiger partial charge in [-0.2, -0.15) is 0 Å². The molecule has 0 unspecified atom stereocenters. The van der Waals surface area contributed by atoms with Gasteiger partial charge in [0.15, 0.2) is 0 Å². The Balaban J connectivity index is -0.0000000245. The molecule has 0 saturated heterocycles. The molecule has 0 aliphatic heterocycles. The van der Waals surface area contributed by atoms with Crippen molar-refractivity contribution in [3.05, 3.63) is 0 Å². The predicted octanol–water partition coefficient (Wildman–Crippen LogP) is -0.307. The van der Waals surface area contributed by atoms with Crippen LogP contribution in [0.5, 0.6) is 0 Å². The maximum absolute atomic E-state index is 10.0. The number of carboxylic acids is 1. The zero-order chi connectivity index (χ0) is 6.73. The molecule has 0 aliphatic rings. The van der Waals surface area contributed by atoms with E-state index in [2.05, 4.69) is 0 Å². The average Bonchev–Trinajstić information content (AvgIpc) is 1.64. The Hall–Kier alpha value is 0.479. The number of carboxylic acid groups (broad SMARTS) is 1. The van der Waals surface area contributed by atoms with Crippen molar-refractivity contribution < 1.29 is 63.4 Å². The SMILES string of the molecule is CC(C)[C@H](N)C(=O)O.[O-2].[O-2].[O-2].[V+3].[V+3]. The summed E-state index contributed by atoms with van der Waals surface area (Å²) in [6.07, 6.45) is 0. The Kier molecular flexibility index (Phi) is 52.8. The first-order chi connectivity index (χ1) is 3.55. The largest absolute Gasteiger partial charge is 3.00 e. The zero-order valence-corrected chi connectivity index (χ0v) is 10.0. The zero-order valence-electron chi connectivity index (χ0n) is 7.21. The van der Waals surface area contributed by atoms with E-state index in [0.29, 0.717) is 0 Å². The van der Waals surface area contributed by atoms with Gasteiger partial charge in [0.1, 0.15) is 6.04 Å². The summed E-state index contributed by atoms with van der Waals surface area (Å²) >= 11 is 0. The van der Waals surface area contributed by atoms with Crippen LogP contribution in [0.25, 0.3) is 0 Å². The molecule has 0 aromatic heterocycles. The summed E-state index contributed by atoms with van der Waals surface area (Å²) < 4.78 is 0. The second-order valence-corrected chi connectivity index (χ2v) is 2.11. The number of rotatable bonds is 2. The van der Waals surface area contributed by atoms with Gasteiger partial charge in [-0.05, 0) is 5.92 Å².